The van der Waals surface area contributed by atoms with E-state index in [9.17, 15) is 9.59 Å². The molecule has 0 aromatic rings. The first-order chi connectivity index (χ1) is 4.13. The van der Waals surface area contributed by atoms with E-state index in [-0.39, 0.29) is 19.9 Å². The van der Waals surface area contributed by atoms with E-state index in [1.54, 1.807) is 0 Å². The predicted octanol–water partition coefficient (Wildman–Crippen LogP) is 1.31. The third-order valence-electron chi connectivity index (χ3n) is 0.908. The van der Waals surface area contributed by atoms with Crippen LogP contribution in [0.3, 0.4) is 0 Å². The fourth-order valence-corrected chi connectivity index (χ4v) is 2.54. The maximum absolute atomic E-state index is 10.7. The summed E-state index contributed by atoms with van der Waals surface area (Å²) >= 11 is 6.91. The molecule has 1 saturated heterocycles. The van der Waals surface area contributed by atoms with Crippen molar-refractivity contribution in [3.63, 3.8) is 0 Å². The Morgan fingerprint density at radius 2 is 1.44 bits per heavy atom. The molecule has 1 aliphatic heterocycles. The molecule has 0 N–H and O–H groups in total. The van der Waals surface area contributed by atoms with Crippen molar-refractivity contribution < 1.29 is 9.59 Å². The van der Waals surface area contributed by atoms with Crippen LogP contribution in [0.5, 0.6) is 0 Å². The lowest BCUT2D eigenvalue weighted by molar-refractivity contribution is -0.111. The fourth-order valence-electron chi connectivity index (χ4n) is 0.451. The zero-order valence-electron chi connectivity index (χ0n) is 4.14. The zero-order valence-corrected chi connectivity index (χ0v) is 8.12. The van der Waals surface area contributed by atoms with Crippen LogP contribution in [-0.2, 0) is 9.59 Å². The summed E-state index contributed by atoms with van der Waals surface area (Å²) in [6, 6.07) is 0. The zero-order chi connectivity index (χ0) is 7.02. The molecule has 1 rings (SSSR count). The van der Waals surface area contributed by atoms with E-state index in [1.165, 1.54) is 0 Å². The third-order valence-corrected chi connectivity index (χ3v) is 5.02. The molecule has 2 nitrogen and oxygen atoms in total. The molecule has 0 aliphatic carbocycles. The second-order valence-corrected chi connectivity index (χ2v) is 4.53. The minimum Gasteiger partial charge on any atom is -0.285 e. The Morgan fingerprint density at radius 3 is 1.56 bits per heavy atom. The van der Waals surface area contributed by atoms with Gasteiger partial charge in [-0.15, -0.1) is 0 Å². The predicted molar refractivity (Wildman–Crippen MR) is 43.0 cm³/mol. The van der Waals surface area contributed by atoms with Crippen molar-refractivity contribution in [1.29, 1.82) is 0 Å². The van der Waals surface area contributed by atoms with Crippen LogP contribution in [0.15, 0.2) is 0 Å². The van der Waals surface area contributed by atoms with Crippen molar-refractivity contribution in [3.8, 4) is 0 Å². The second-order valence-electron chi connectivity index (χ2n) is 1.54. The van der Waals surface area contributed by atoms with Crippen LogP contribution < -0.4 is 0 Å². The van der Waals surface area contributed by atoms with Gasteiger partial charge in [-0.25, -0.2) is 0 Å². The van der Waals surface area contributed by atoms with Gasteiger partial charge in [-0.3, -0.25) is 9.59 Å². The van der Waals surface area contributed by atoms with E-state index in [0.717, 1.165) is 11.8 Å². The molecule has 0 spiro atoms. The van der Waals surface area contributed by atoms with Crippen molar-refractivity contribution in [3.05, 3.63) is 0 Å². The van der Waals surface area contributed by atoms with Gasteiger partial charge in [0.1, 0.15) is 9.65 Å². The number of alkyl halides is 2. The summed E-state index contributed by atoms with van der Waals surface area (Å²) in [7, 11) is 0. The average Bonchev–Trinajstić information content (AvgIpc) is 1.98. The molecule has 9 heavy (non-hydrogen) atoms. The van der Waals surface area contributed by atoms with Crippen molar-refractivity contribution in [1.82, 2.24) is 0 Å². The summed E-state index contributed by atoms with van der Waals surface area (Å²) in [6.45, 7) is 0. The maximum Gasteiger partial charge on any atom is 0.211 e. The number of carbonyl (C=O) groups is 2. The lowest BCUT2D eigenvalue weighted by Gasteiger charge is -1.96. The smallest absolute Gasteiger partial charge is 0.211 e. The first-order valence-corrected chi connectivity index (χ1v) is 4.81. The maximum atomic E-state index is 10.7. The van der Waals surface area contributed by atoms with Crippen LogP contribution >= 0.6 is 43.6 Å². The number of carbonyl (C=O) groups excluding carboxylic acids is 2. The molecule has 0 amide bonds. The Balaban J connectivity index is 2.77. The minimum atomic E-state index is -0.338. The molecule has 0 bridgehead atoms. The first-order valence-electron chi connectivity index (χ1n) is 2.16. The number of hydrogen-bond acceptors (Lipinski definition) is 3. The summed E-state index contributed by atoms with van der Waals surface area (Å²) in [5, 5.41) is -0.219. The molecule has 1 aliphatic rings. The monoisotopic (exact) mass is 272 g/mol. The Morgan fingerprint density at radius 1 is 1.11 bits per heavy atom. The van der Waals surface area contributed by atoms with E-state index < -0.39 is 0 Å². The molecular formula is C4H2Br2O2S. The first kappa shape index (κ1) is 7.75. The van der Waals surface area contributed by atoms with Gasteiger partial charge in [-0.1, -0.05) is 31.9 Å². The molecule has 0 radical (unpaired) electrons. The van der Waals surface area contributed by atoms with Crippen LogP contribution in [0.2, 0.25) is 0 Å². The van der Waals surface area contributed by atoms with E-state index in [1.807, 2.05) is 0 Å². The van der Waals surface area contributed by atoms with Gasteiger partial charge in [-0.2, -0.15) is 0 Å². The van der Waals surface area contributed by atoms with Crippen LogP contribution in [0, 0.1) is 0 Å². The van der Waals surface area contributed by atoms with E-state index >= 15 is 0 Å². The van der Waals surface area contributed by atoms with Gasteiger partial charge >= 0.3 is 0 Å². The molecule has 1 heterocycles. The molecule has 0 aromatic carbocycles. The number of thioether (sulfide) groups is 1. The normalized spacial score (nSPS) is 35.8. The molecular weight excluding hydrogens is 272 g/mol. The van der Waals surface area contributed by atoms with E-state index in [2.05, 4.69) is 31.9 Å². The number of halogens is 2. The number of rotatable bonds is 0. The van der Waals surface area contributed by atoms with Gasteiger partial charge in [0.25, 0.3) is 0 Å². The Bertz CT molecular complexity index is 152. The standard InChI is InChI=1S/C4H2Br2O2S/c5-1-2(6)4(8)9-3(1)7/h1-2H. The summed E-state index contributed by atoms with van der Waals surface area (Å²) in [5.74, 6) is 0. The van der Waals surface area contributed by atoms with E-state index in [0.29, 0.717) is 0 Å². The molecule has 0 saturated carbocycles. The van der Waals surface area contributed by atoms with Gasteiger partial charge in [0.05, 0.1) is 0 Å². The van der Waals surface area contributed by atoms with Gasteiger partial charge in [0.2, 0.25) is 10.2 Å². The fraction of sp³-hybridized carbons (Fsp3) is 0.500. The Labute approximate surface area is 73.0 Å². The highest BCUT2D eigenvalue weighted by atomic mass is 79.9. The van der Waals surface area contributed by atoms with Gasteiger partial charge in [-0.05, 0) is 11.8 Å². The second kappa shape index (κ2) is 2.72. The molecule has 1 fully saturated rings. The Hall–Kier alpha value is 0.650. The van der Waals surface area contributed by atoms with Crippen LogP contribution in [-0.4, -0.2) is 19.9 Å². The lowest BCUT2D eigenvalue weighted by Crippen LogP contribution is -2.15. The van der Waals surface area contributed by atoms with Crippen LogP contribution in [0.25, 0.3) is 0 Å². The molecule has 2 atom stereocenters. The highest BCUT2D eigenvalue weighted by Crippen LogP contribution is 2.32. The van der Waals surface area contributed by atoms with Gasteiger partial charge in [0.15, 0.2) is 0 Å². The summed E-state index contributed by atoms with van der Waals surface area (Å²) in [4.78, 5) is 20.6. The Kier molecular flexibility index (Phi) is 2.34. The molecule has 2 unspecified atom stereocenters. The molecule has 5 heteroatoms. The van der Waals surface area contributed by atoms with Crippen molar-refractivity contribution in [2.75, 3.05) is 0 Å². The molecule has 0 aromatic heterocycles. The molecule has 50 valence electrons. The summed E-state index contributed by atoms with van der Waals surface area (Å²) < 4.78 is 0. The van der Waals surface area contributed by atoms with Gasteiger partial charge < -0.3 is 0 Å². The third kappa shape index (κ3) is 1.38. The average molecular weight is 274 g/mol. The minimum absolute atomic E-state index is 0.109. The van der Waals surface area contributed by atoms with Crippen molar-refractivity contribution in [2.24, 2.45) is 0 Å². The van der Waals surface area contributed by atoms with Crippen molar-refractivity contribution in [2.45, 2.75) is 9.65 Å². The highest BCUT2D eigenvalue weighted by Gasteiger charge is 2.39. The highest BCUT2D eigenvalue weighted by molar-refractivity contribution is 9.13. The van der Waals surface area contributed by atoms with Crippen LogP contribution in [0.4, 0.5) is 0 Å². The van der Waals surface area contributed by atoms with Crippen molar-refractivity contribution >= 4 is 53.9 Å². The summed E-state index contributed by atoms with van der Waals surface area (Å²) in [5.41, 5.74) is 0. The van der Waals surface area contributed by atoms with Crippen LogP contribution in [0.1, 0.15) is 0 Å². The summed E-state index contributed by atoms with van der Waals surface area (Å²) in [6.07, 6.45) is 0. The SMILES string of the molecule is O=C1SC(=O)C(Br)C1Br. The van der Waals surface area contributed by atoms with E-state index in [4.69, 9.17) is 0 Å². The number of hydrogen-bond donors (Lipinski definition) is 0. The quantitative estimate of drug-likeness (QED) is 0.624. The topological polar surface area (TPSA) is 34.1 Å². The van der Waals surface area contributed by atoms with Gasteiger partial charge in [0, 0.05) is 0 Å². The lowest BCUT2D eigenvalue weighted by atomic mass is 10.4. The largest absolute Gasteiger partial charge is 0.285 e.